The van der Waals surface area contributed by atoms with E-state index in [1.807, 2.05) is 18.2 Å². The van der Waals surface area contributed by atoms with Crippen molar-refractivity contribution in [2.24, 2.45) is 0 Å². The molecule has 3 amide bonds. The van der Waals surface area contributed by atoms with Crippen LogP contribution in [0.2, 0.25) is 0 Å². The lowest BCUT2D eigenvalue weighted by atomic mass is 9.98. The fourth-order valence-electron chi connectivity index (χ4n) is 5.48. The van der Waals surface area contributed by atoms with Crippen LogP contribution in [0.3, 0.4) is 0 Å². The number of carbonyl (C=O) groups is 3. The molecule has 4 rings (SSSR count). The van der Waals surface area contributed by atoms with Crippen LogP contribution in [0.1, 0.15) is 47.2 Å². The molecule has 0 radical (unpaired) electrons. The second-order valence-corrected chi connectivity index (χ2v) is 10.7. The zero-order valence-corrected chi connectivity index (χ0v) is 22.9. The number of piperidine rings is 1. The molecule has 2 aromatic rings. The van der Waals surface area contributed by atoms with Gasteiger partial charge in [0.25, 0.3) is 11.8 Å². The Morgan fingerprint density at radius 1 is 1.05 bits per heavy atom. The molecule has 0 aliphatic carbocycles. The first-order chi connectivity index (χ1) is 19.2. The summed E-state index contributed by atoms with van der Waals surface area (Å²) in [4.78, 5) is 43.0. The van der Waals surface area contributed by atoms with E-state index in [4.69, 9.17) is 0 Å². The number of hydrogen-bond donors (Lipinski definition) is 4. The van der Waals surface area contributed by atoms with E-state index in [0.717, 1.165) is 36.4 Å². The molecule has 0 aromatic heterocycles. The highest BCUT2D eigenvalue weighted by atomic mass is 19.1. The summed E-state index contributed by atoms with van der Waals surface area (Å²) in [7, 11) is 0. The number of amides is 3. The Kier molecular flexibility index (Phi) is 10.1. The van der Waals surface area contributed by atoms with Gasteiger partial charge >= 0.3 is 0 Å². The summed E-state index contributed by atoms with van der Waals surface area (Å²) in [6.07, 6.45) is 0.324. The lowest BCUT2D eigenvalue weighted by Gasteiger charge is -2.30. The molecule has 2 heterocycles. The minimum atomic E-state index is -1.73. The van der Waals surface area contributed by atoms with E-state index >= 15 is 0 Å². The van der Waals surface area contributed by atoms with Gasteiger partial charge in [-0.05, 0) is 57.0 Å². The van der Waals surface area contributed by atoms with Crippen LogP contribution in [0.4, 0.5) is 4.39 Å². The molecule has 2 aromatic carbocycles. The number of aromatic hydroxyl groups is 1. The number of carbonyl (C=O) groups excluding carboxylic acids is 3. The summed E-state index contributed by atoms with van der Waals surface area (Å²) in [6, 6.07) is 11.5. The third-order valence-corrected chi connectivity index (χ3v) is 7.81. The maximum absolute atomic E-state index is 14.5. The molecule has 2 fully saturated rings. The molecule has 0 spiro atoms. The number of phenols is 1. The maximum atomic E-state index is 14.5. The van der Waals surface area contributed by atoms with Crippen molar-refractivity contribution in [3.8, 4) is 5.75 Å². The van der Waals surface area contributed by atoms with Crippen molar-refractivity contribution >= 4 is 17.7 Å². The van der Waals surface area contributed by atoms with Gasteiger partial charge in [-0.2, -0.15) is 0 Å². The Labute approximate surface area is 234 Å². The van der Waals surface area contributed by atoms with Crippen LogP contribution < -0.4 is 10.6 Å². The van der Waals surface area contributed by atoms with Gasteiger partial charge in [0.1, 0.15) is 18.0 Å². The van der Waals surface area contributed by atoms with E-state index in [0.29, 0.717) is 18.7 Å². The van der Waals surface area contributed by atoms with Crippen LogP contribution in [0, 0.1) is 6.92 Å². The number of hydrogen-bond acceptors (Lipinski definition) is 6. The number of aliphatic hydroxyl groups is 1. The van der Waals surface area contributed by atoms with E-state index in [-0.39, 0.29) is 30.7 Å². The molecular formula is C30H39FN4O5. The van der Waals surface area contributed by atoms with Gasteiger partial charge in [0.05, 0.1) is 12.6 Å². The molecule has 10 heteroatoms. The maximum Gasteiger partial charge on any atom is 0.254 e. The highest BCUT2D eigenvalue weighted by Gasteiger charge is 2.43. The summed E-state index contributed by atoms with van der Waals surface area (Å²) < 4.78 is 14.5. The zero-order valence-electron chi connectivity index (χ0n) is 22.9. The molecule has 2 aliphatic heterocycles. The molecular weight excluding hydrogens is 515 g/mol. The van der Waals surface area contributed by atoms with Gasteiger partial charge in [0, 0.05) is 30.6 Å². The number of phenolic OH excluding ortho intramolecular Hbond substituents is 1. The monoisotopic (exact) mass is 554 g/mol. The van der Waals surface area contributed by atoms with Crippen molar-refractivity contribution in [3.05, 3.63) is 65.2 Å². The van der Waals surface area contributed by atoms with Gasteiger partial charge in [-0.3, -0.25) is 14.4 Å². The normalized spacial score (nSPS) is 21.0. The third-order valence-electron chi connectivity index (χ3n) is 7.81. The molecule has 2 saturated heterocycles. The fourth-order valence-corrected chi connectivity index (χ4v) is 5.48. The van der Waals surface area contributed by atoms with Crippen molar-refractivity contribution in [3.63, 3.8) is 0 Å². The molecule has 9 nitrogen and oxygen atoms in total. The standard InChI is InChI=1S/C30H39FN4O5/c1-20-23(11-8-12-26(20)36)28(38)33-24(17-21-9-4-2-5-10-21)27(37)30(40)35-19-22(31)18-25(35)29(39)32-13-16-34-14-6-3-7-15-34/h2,4-5,8-12,22,24-25,27,36-37H,3,6-7,13-19H2,1H3,(H,32,39)(H,33,38)/t22-,24?,25-,27-/m0/s1. The van der Waals surface area contributed by atoms with Crippen LogP contribution in [-0.4, -0.2) is 94.8 Å². The number of likely N-dealkylation sites (tertiary alicyclic amines) is 2. The molecule has 0 saturated carbocycles. The van der Waals surface area contributed by atoms with Crippen molar-refractivity contribution in [1.82, 2.24) is 20.4 Å². The van der Waals surface area contributed by atoms with Crippen molar-refractivity contribution in [2.45, 2.75) is 63.4 Å². The molecule has 2 aliphatic rings. The van der Waals surface area contributed by atoms with E-state index in [1.165, 1.54) is 24.6 Å². The highest BCUT2D eigenvalue weighted by molar-refractivity contribution is 5.97. The minimum Gasteiger partial charge on any atom is -0.508 e. The van der Waals surface area contributed by atoms with Crippen molar-refractivity contribution in [2.75, 3.05) is 32.7 Å². The predicted octanol–water partition coefficient (Wildman–Crippen LogP) is 1.94. The number of benzene rings is 2. The molecule has 4 atom stereocenters. The zero-order chi connectivity index (χ0) is 28.6. The van der Waals surface area contributed by atoms with E-state index in [1.54, 1.807) is 19.1 Å². The lowest BCUT2D eigenvalue weighted by Crippen LogP contribution is -2.56. The van der Waals surface area contributed by atoms with Crippen LogP contribution in [0.15, 0.2) is 48.5 Å². The molecule has 0 bridgehead atoms. The summed E-state index contributed by atoms with van der Waals surface area (Å²) in [6.45, 7) is 4.34. The van der Waals surface area contributed by atoms with Gasteiger partial charge < -0.3 is 30.6 Å². The average molecular weight is 555 g/mol. The van der Waals surface area contributed by atoms with Crippen LogP contribution in [0.25, 0.3) is 0 Å². The van der Waals surface area contributed by atoms with Crippen LogP contribution >= 0.6 is 0 Å². The summed E-state index contributed by atoms with van der Waals surface area (Å²) in [5, 5.41) is 26.8. The first-order valence-corrected chi connectivity index (χ1v) is 14.0. The Morgan fingerprint density at radius 3 is 2.50 bits per heavy atom. The number of aliphatic hydroxyl groups excluding tert-OH is 1. The van der Waals surface area contributed by atoms with Gasteiger partial charge in [-0.1, -0.05) is 42.8 Å². The quantitative estimate of drug-likeness (QED) is 0.356. The van der Waals surface area contributed by atoms with Crippen LogP contribution in [0.5, 0.6) is 5.75 Å². The molecule has 1 unspecified atom stereocenters. The van der Waals surface area contributed by atoms with E-state index in [9.17, 15) is 29.0 Å². The first kappa shape index (κ1) is 29.5. The number of halogens is 1. The predicted molar refractivity (Wildman–Crippen MR) is 149 cm³/mol. The first-order valence-electron chi connectivity index (χ1n) is 14.0. The smallest absolute Gasteiger partial charge is 0.254 e. The minimum absolute atomic E-state index is 0.0518. The largest absolute Gasteiger partial charge is 0.508 e. The summed E-state index contributed by atoms with van der Waals surface area (Å²) >= 11 is 0. The number of alkyl halides is 1. The number of rotatable bonds is 10. The number of nitrogens with one attached hydrogen (secondary N) is 2. The average Bonchev–Trinajstić information content (AvgIpc) is 3.36. The second-order valence-electron chi connectivity index (χ2n) is 10.7. The number of nitrogens with zero attached hydrogens (tertiary/aromatic N) is 2. The molecule has 216 valence electrons. The lowest BCUT2D eigenvalue weighted by molar-refractivity contribution is -0.146. The van der Waals surface area contributed by atoms with Gasteiger partial charge in [-0.15, -0.1) is 0 Å². The van der Waals surface area contributed by atoms with Gasteiger partial charge in [-0.25, -0.2) is 4.39 Å². The Morgan fingerprint density at radius 2 is 1.77 bits per heavy atom. The Bertz CT molecular complexity index is 1170. The molecule has 4 N–H and O–H groups in total. The van der Waals surface area contributed by atoms with Gasteiger partial charge in [0.2, 0.25) is 5.91 Å². The Hall–Kier alpha value is -3.50. The fraction of sp³-hybridized carbons (Fsp3) is 0.500. The SMILES string of the molecule is Cc1c(O)cccc1C(=O)NC(Cc1ccccc1)[C@H](O)C(=O)N1C[C@@H](F)C[C@H]1C(=O)NCCN1CCCCC1. The van der Waals surface area contributed by atoms with Crippen molar-refractivity contribution < 1.29 is 29.0 Å². The summed E-state index contributed by atoms with van der Waals surface area (Å²) in [5.41, 5.74) is 1.33. The van der Waals surface area contributed by atoms with Crippen molar-refractivity contribution in [1.29, 1.82) is 0 Å². The second kappa shape index (κ2) is 13.7. The van der Waals surface area contributed by atoms with Gasteiger partial charge in [0.15, 0.2) is 6.10 Å². The van der Waals surface area contributed by atoms with E-state index < -0.39 is 42.1 Å². The molecule has 40 heavy (non-hydrogen) atoms. The highest BCUT2D eigenvalue weighted by Crippen LogP contribution is 2.24. The van der Waals surface area contributed by atoms with Crippen LogP contribution in [-0.2, 0) is 16.0 Å². The third kappa shape index (κ3) is 7.37. The summed E-state index contributed by atoms with van der Waals surface area (Å²) in [5.74, 6) is -1.89. The Balaban J connectivity index is 1.46. The van der Waals surface area contributed by atoms with E-state index in [2.05, 4.69) is 15.5 Å². The topological polar surface area (TPSA) is 122 Å².